The maximum atomic E-state index is 11.1. The zero-order valence-electron chi connectivity index (χ0n) is 12.1. The first kappa shape index (κ1) is 14.3. The molecule has 3 aliphatic rings. The van der Waals surface area contributed by atoms with Crippen LogP contribution in [0.15, 0.2) is 0 Å². The second-order valence-electron chi connectivity index (χ2n) is 6.55. The van der Waals surface area contributed by atoms with Gasteiger partial charge in [-0.3, -0.25) is 9.69 Å². The van der Waals surface area contributed by atoms with E-state index in [2.05, 4.69) is 10.2 Å². The number of morpholine rings is 1. The van der Waals surface area contributed by atoms with Crippen molar-refractivity contribution in [2.75, 3.05) is 26.2 Å². The van der Waals surface area contributed by atoms with Crippen LogP contribution in [0.25, 0.3) is 0 Å². The quantitative estimate of drug-likeness (QED) is 0.808. The Hall–Kier alpha value is -0.650. The summed E-state index contributed by atoms with van der Waals surface area (Å²) in [4.78, 5) is 13.6. The van der Waals surface area contributed by atoms with Crippen LogP contribution in [0, 0.1) is 5.92 Å². The lowest BCUT2D eigenvalue weighted by molar-refractivity contribution is -0.143. The Morgan fingerprint density at radius 2 is 2.20 bits per heavy atom. The fourth-order valence-electron chi connectivity index (χ4n) is 3.91. The van der Waals surface area contributed by atoms with Gasteiger partial charge in [-0.25, -0.2) is 0 Å². The lowest BCUT2D eigenvalue weighted by Crippen LogP contribution is -2.51. The molecule has 2 aliphatic heterocycles. The smallest absolute Gasteiger partial charge is 0.306 e. The maximum absolute atomic E-state index is 11.1. The third-order valence-corrected chi connectivity index (χ3v) is 5.12. The van der Waals surface area contributed by atoms with E-state index in [9.17, 15) is 4.79 Å². The number of aliphatic carboxylic acids is 1. The Kier molecular flexibility index (Phi) is 4.58. The molecule has 0 spiro atoms. The highest BCUT2D eigenvalue weighted by molar-refractivity contribution is 5.70. The molecule has 0 aromatic carbocycles. The van der Waals surface area contributed by atoms with E-state index in [-0.39, 0.29) is 12.0 Å². The summed E-state index contributed by atoms with van der Waals surface area (Å²) in [7, 11) is 0. The molecule has 3 rings (SSSR count). The first-order chi connectivity index (χ1) is 9.72. The molecule has 2 saturated heterocycles. The Morgan fingerprint density at radius 3 is 3.05 bits per heavy atom. The Bertz CT molecular complexity index is 350. The molecule has 114 valence electrons. The zero-order valence-corrected chi connectivity index (χ0v) is 12.1. The van der Waals surface area contributed by atoms with Crippen molar-refractivity contribution >= 4 is 5.97 Å². The molecule has 2 N–H and O–H groups in total. The standard InChI is InChI=1S/C15H26N2O3/c18-15(19)11-3-1-4-12(7-11)16-8-14-9-17-6-2-5-13(17)10-20-14/h11-14,16H,1-10H2,(H,18,19). The highest BCUT2D eigenvalue weighted by atomic mass is 16.5. The van der Waals surface area contributed by atoms with Gasteiger partial charge in [0.2, 0.25) is 0 Å². The first-order valence-electron chi connectivity index (χ1n) is 8.04. The fraction of sp³-hybridized carbons (Fsp3) is 0.933. The van der Waals surface area contributed by atoms with Gasteiger partial charge in [0.15, 0.2) is 0 Å². The van der Waals surface area contributed by atoms with Crippen molar-refractivity contribution in [1.29, 1.82) is 0 Å². The van der Waals surface area contributed by atoms with Gasteiger partial charge in [-0.05, 0) is 38.6 Å². The molecule has 1 saturated carbocycles. The number of rotatable bonds is 4. The molecular weight excluding hydrogens is 256 g/mol. The molecule has 5 heteroatoms. The molecular formula is C15H26N2O3. The molecule has 4 unspecified atom stereocenters. The number of nitrogens with zero attached hydrogens (tertiary/aromatic N) is 1. The number of ether oxygens (including phenoxy) is 1. The minimum Gasteiger partial charge on any atom is -0.481 e. The molecule has 0 aromatic heterocycles. The van der Waals surface area contributed by atoms with E-state index in [0.717, 1.165) is 45.4 Å². The summed E-state index contributed by atoms with van der Waals surface area (Å²) < 4.78 is 5.94. The SMILES string of the molecule is O=C(O)C1CCCC(NCC2CN3CCCC3CO2)C1. The topological polar surface area (TPSA) is 61.8 Å². The van der Waals surface area contributed by atoms with Gasteiger partial charge in [-0.15, -0.1) is 0 Å². The number of carboxylic acids is 1. The molecule has 4 atom stereocenters. The van der Waals surface area contributed by atoms with Crippen molar-refractivity contribution in [2.45, 2.75) is 56.7 Å². The highest BCUT2D eigenvalue weighted by Gasteiger charge is 2.33. The molecule has 0 aromatic rings. The Labute approximate surface area is 120 Å². The minimum atomic E-state index is -0.634. The van der Waals surface area contributed by atoms with Gasteiger partial charge >= 0.3 is 5.97 Å². The molecule has 1 aliphatic carbocycles. The maximum Gasteiger partial charge on any atom is 0.306 e. The zero-order chi connectivity index (χ0) is 13.9. The summed E-state index contributed by atoms with van der Waals surface area (Å²) in [6.45, 7) is 3.98. The summed E-state index contributed by atoms with van der Waals surface area (Å²) in [5.74, 6) is -0.790. The second-order valence-corrected chi connectivity index (χ2v) is 6.55. The van der Waals surface area contributed by atoms with Crippen molar-refractivity contribution in [3.63, 3.8) is 0 Å². The summed E-state index contributed by atoms with van der Waals surface area (Å²) in [5, 5.41) is 12.7. The van der Waals surface area contributed by atoms with Crippen LogP contribution in [0.2, 0.25) is 0 Å². The summed E-state index contributed by atoms with van der Waals surface area (Å²) in [6.07, 6.45) is 6.59. The van der Waals surface area contributed by atoms with E-state index in [1.165, 1.54) is 19.4 Å². The van der Waals surface area contributed by atoms with Crippen LogP contribution in [-0.4, -0.2) is 60.4 Å². The fourth-order valence-corrected chi connectivity index (χ4v) is 3.91. The van der Waals surface area contributed by atoms with Gasteiger partial charge in [0.1, 0.15) is 0 Å². The number of carbonyl (C=O) groups is 1. The Morgan fingerprint density at radius 1 is 1.30 bits per heavy atom. The van der Waals surface area contributed by atoms with Crippen molar-refractivity contribution in [3.05, 3.63) is 0 Å². The van der Waals surface area contributed by atoms with Gasteiger partial charge in [0, 0.05) is 25.2 Å². The molecule has 5 nitrogen and oxygen atoms in total. The second kappa shape index (κ2) is 6.41. The van der Waals surface area contributed by atoms with E-state index >= 15 is 0 Å². The molecule has 0 radical (unpaired) electrons. The van der Waals surface area contributed by atoms with Crippen LogP contribution in [0.1, 0.15) is 38.5 Å². The predicted molar refractivity (Wildman–Crippen MR) is 75.7 cm³/mol. The lowest BCUT2D eigenvalue weighted by Gasteiger charge is -2.36. The summed E-state index contributed by atoms with van der Waals surface area (Å²) in [6, 6.07) is 1.00. The van der Waals surface area contributed by atoms with E-state index < -0.39 is 5.97 Å². The van der Waals surface area contributed by atoms with Gasteiger partial charge in [-0.1, -0.05) is 6.42 Å². The number of hydrogen-bond acceptors (Lipinski definition) is 4. The largest absolute Gasteiger partial charge is 0.481 e. The van der Waals surface area contributed by atoms with Gasteiger partial charge in [0.05, 0.1) is 18.6 Å². The predicted octanol–water partition coefficient (Wildman–Crippen LogP) is 1.08. The summed E-state index contributed by atoms with van der Waals surface area (Å²) in [5.41, 5.74) is 0. The molecule has 3 fully saturated rings. The van der Waals surface area contributed by atoms with Crippen molar-refractivity contribution < 1.29 is 14.6 Å². The molecule has 0 amide bonds. The number of carboxylic acid groups (broad SMARTS) is 1. The van der Waals surface area contributed by atoms with E-state index in [1.54, 1.807) is 0 Å². The normalized spacial score (nSPS) is 38.6. The summed E-state index contributed by atoms with van der Waals surface area (Å²) >= 11 is 0. The first-order valence-corrected chi connectivity index (χ1v) is 8.04. The average molecular weight is 282 g/mol. The average Bonchev–Trinajstić information content (AvgIpc) is 2.93. The van der Waals surface area contributed by atoms with E-state index in [1.807, 2.05) is 0 Å². The van der Waals surface area contributed by atoms with Crippen LogP contribution in [0.4, 0.5) is 0 Å². The van der Waals surface area contributed by atoms with Crippen molar-refractivity contribution in [1.82, 2.24) is 10.2 Å². The molecule has 0 bridgehead atoms. The third kappa shape index (κ3) is 3.32. The monoisotopic (exact) mass is 282 g/mol. The van der Waals surface area contributed by atoms with Crippen LogP contribution < -0.4 is 5.32 Å². The van der Waals surface area contributed by atoms with Crippen molar-refractivity contribution in [3.8, 4) is 0 Å². The minimum absolute atomic E-state index is 0.156. The molecule has 2 heterocycles. The highest BCUT2D eigenvalue weighted by Crippen LogP contribution is 2.25. The number of nitrogens with one attached hydrogen (secondary N) is 1. The number of fused-ring (bicyclic) bond motifs is 1. The van der Waals surface area contributed by atoms with Crippen LogP contribution >= 0.6 is 0 Å². The van der Waals surface area contributed by atoms with Gasteiger partial charge in [-0.2, -0.15) is 0 Å². The number of hydrogen-bond donors (Lipinski definition) is 2. The third-order valence-electron chi connectivity index (χ3n) is 5.12. The molecule has 20 heavy (non-hydrogen) atoms. The van der Waals surface area contributed by atoms with E-state index in [4.69, 9.17) is 9.84 Å². The Balaban J connectivity index is 1.41. The van der Waals surface area contributed by atoms with Crippen LogP contribution in [0.3, 0.4) is 0 Å². The van der Waals surface area contributed by atoms with Crippen LogP contribution in [-0.2, 0) is 9.53 Å². The van der Waals surface area contributed by atoms with Gasteiger partial charge < -0.3 is 15.2 Å². The van der Waals surface area contributed by atoms with Gasteiger partial charge in [0.25, 0.3) is 0 Å². The lowest BCUT2D eigenvalue weighted by atomic mass is 9.86. The van der Waals surface area contributed by atoms with E-state index in [0.29, 0.717) is 12.1 Å². The van der Waals surface area contributed by atoms with Crippen LogP contribution in [0.5, 0.6) is 0 Å². The van der Waals surface area contributed by atoms with Crippen molar-refractivity contribution in [2.24, 2.45) is 5.92 Å².